The zero-order valence-corrected chi connectivity index (χ0v) is 15.4. The topological polar surface area (TPSA) is 12.0 Å². The van der Waals surface area contributed by atoms with Crippen molar-refractivity contribution in [3.05, 3.63) is 35.4 Å². The van der Waals surface area contributed by atoms with Crippen molar-refractivity contribution in [1.82, 2.24) is 5.32 Å². The van der Waals surface area contributed by atoms with E-state index in [1.165, 1.54) is 63.6 Å². The van der Waals surface area contributed by atoms with Gasteiger partial charge in [0.1, 0.15) is 0 Å². The summed E-state index contributed by atoms with van der Waals surface area (Å²) in [6.45, 7) is 9.65. The second-order valence-electron chi connectivity index (χ2n) is 9.07. The Hall–Kier alpha value is -0.820. The third kappa shape index (κ3) is 4.59. The zero-order valence-electron chi connectivity index (χ0n) is 15.4. The van der Waals surface area contributed by atoms with E-state index in [0.717, 1.165) is 17.8 Å². The van der Waals surface area contributed by atoms with Gasteiger partial charge in [-0.25, -0.2) is 0 Å². The van der Waals surface area contributed by atoms with Gasteiger partial charge in [0.15, 0.2) is 0 Å². The molecule has 1 heterocycles. The lowest BCUT2D eigenvalue weighted by Crippen LogP contribution is -2.30. The monoisotopic (exact) mass is 313 g/mol. The first-order chi connectivity index (χ1) is 11.0. The van der Waals surface area contributed by atoms with E-state index in [9.17, 15) is 0 Å². The SMILES string of the molecule is CC(C)(C)C1CCC(c2ccc(CC3CCCNC3)cc2)CC1. The highest BCUT2D eigenvalue weighted by molar-refractivity contribution is 5.26. The van der Waals surface area contributed by atoms with Crippen LogP contribution in [0.15, 0.2) is 24.3 Å². The molecule has 128 valence electrons. The van der Waals surface area contributed by atoms with E-state index in [1.807, 2.05) is 0 Å². The fraction of sp³-hybridized carbons (Fsp3) is 0.727. The molecule has 1 atom stereocenters. The number of piperidine rings is 1. The number of nitrogens with one attached hydrogen (secondary N) is 1. The molecule has 2 aliphatic rings. The maximum atomic E-state index is 3.53. The van der Waals surface area contributed by atoms with Gasteiger partial charge in [-0.2, -0.15) is 0 Å². The van der Waals surface area contributed by atoms with Crippen molar-refractivity contribution in [3.8, 4) is 0 Å². The Balaban J connectivity index is 1.53. The average Bonchev–Trinajstić information content (AvgIpc) is 2.56. The van der Waals surface area contributed by atoms with E-state index >= 15 is 0 Å². The van der Waals surface area contributed by atoms with Gasteiger partial charge < -0.3 is 5.32 Å². The summed E-state index contributed by atoms with van der Waals surface area (Å²) in [7, 11) is 0. The summed E-state index contributed by atoms with van der Waals surface area (Å²) in [6.07, 6.45) is 9.57. The third-order valence-corrected chi connectivity index (χ3v) is 6.33. The van der Waals surface area contributed by atoms with Gasteiger partial charge in [-0.3, -0.25) is 0 Å². The van der Waals surface area contributed by atoms with Crippen molar-refractivity contribution in [3.63, 3.8) is 0 Å². The Labute approximate surface area is 143 Å². The highest BCUT2D eigenvalue weighted by Gasteiger charge is 2.30. The molecule has 0 spiro atoms. The minimum absolute atomic E-state index is 0.489. The van der Waals surface area contributed by atoms with E-state index in [-0.39, 0.29) is 0 Å². The van der Waals surface area contributed by atoms with E-state index in [0.29, 0.717) is 5.41 Å². The molecule has 1 aliphatic heterocycles. The maximum absolute atomic E-state index is 3.53. The van der Waals surface area contributed by atoms with Crippen LogP contribution in [0.1, 0.15) is 76.3 Å². The molecule has 1 aliphatic carbocycles. The lowest BCUT2D eigenvalue weighted by Gasteiger charge is -2.37. The molecular formula is C22H35N. The molecule has 1 N–H and O–H groups in total. The molecule has 23 heavy (non-hydrogen) atoms. The fourth-order valence-electron chi connectivity index (χ4n) is 4.65. The van der Waals surface area contributed by atoms with Gasteiger partial charge in [-0.05, 0) is 92.3 Å². The van der Waals surface area contributed by atoms with Crippen molar-refractivity contribution in [2.75, 3.05) is 13.1 Å². The fourth-order valence-corrected chi connectivity index (χ4v) is 4.65. The van der Waals surface area contributed by atoms with Crippen LogP contribution in [-0.2, 0) is 6.42 Å². The number of hydrogen-bond donors (Lipinski definition) is 1. The summed E-state index contributed by atoms with van der Waals surface area (Å²) in [5.74, 6) is 2.56. The molecule has 1 nitrogen and oxygen atoms in total. The second kappa shape index (κ2) is 7.38. The number of rotatable bonds is 3. The third-order valence-electron chi connectivity index (χ3n) is 6.33. The van der Waals surface area contributed by atoms with Crippen LogP contribution in [-0.4, -0.2) is 13.1 Å². The summed E-state index contributed by atoms with van der Waals surface area (Å²) in [5, 5.41) is 3.53. The Kier molecular flexibility index (Phi) is 5.46. The van der Waals surface area contributed by atoms with E-state index < -0.39 is 0 Å². The van der Waals surface area contributed by atoms with Crippen LogP contribution in [0.2, 0.25) is 0 Å². The van der Waals surface area contributed by atoms with Crippen LogP contribution in [0.25, 0.3) is 0 Å². The lowest BCUT2D eigenvalue weighted by atomic mass is 9.68. The molecule has 0 bridgehead atoms. The normalized spacial score (nSPS) is 29.4. The molecule has 0 radical (unpaired) electrons. The Morgan fingerprint density at radius 2 is 1.65 bits per heavy atom. The van der Waals surface area contributed by atoms with Crippen LogP contribution in [0, 0.1) is 17.3 Å². The minimum Gasteiger partial charge on any atom is -0.316 e. The molecule has 0 amide bonds. The summed E-state index contributed by atoms with van der Waals surface area (Å²) < 4.78 is 0. The molecule has 1 aromatic carbocycles. The van der Waals surface area contributed by atoms with Crippen molar-refractivity contribution >= 4 is 0 Å². The van der Waals surface area contributed by atoms with Gasteiger partial charge in [0.25, 0.3) is 0 Å². The van der Waals surface area contributed by atoms with Crippen molar-refractivity contribution < 1.29 is 0 Å². The molecule has 3 rings (SSSR count). The standard InChI is InChI=1S/C22H35N/c1-22(2,3)21-12-10-20(11-13-21)19-8-6-17(7-9-19)15-18-5-4-14-23-16-18/h6-9,18,20-21,23H,4-5,10-16H2,1-3H3. The van der Waals surface area contributed by atoms with Crippen LogP contribution in [0.4, 0.5) is 0 Å². The van der Waals surface area contributed by atoms with E-state index in [2.05, 4.69) is 50.4 Å². The number of hydrogen-bond acceptors (Lipinski definition) is 1. The molecule has 1 saturated heterocycles. The largest absolute Gasteiger partial charge is 0.316 e. The highest BCUT2D eigenvalue weighted by atomic mass is 14.9. The van der Waals surface area contributed by atoms with E-state index in [1.54, 1.807) is 5.56 Å². The first kappa shape index (κ1) is 17.0. The zero-order chi connectivity index (χ0) is 16.3. The van der Waals surface area contributed by atoms with Crippen molar-refractivity contribution in [2.45, 2.75) is 71.6 Å². The van der Waals surface area contributed by atoms with E-state index in [4.69, 9.17) is 0 Å². The minimum atomic E-state index is 0.489. The van der Waals surface area contributed by atoms with Crippen molar-refractivity contribution in [2.24, 2.45) is 17.3 Å². The van der Waals surface area contributed by atoms with Crippen LogP contribution >= 0.6 is 0 Å². The van der Waals surface area contributed by atoms with Crippen LogP contribution in [0.3, 0.4) is 0 Å². The van der Waals surface area contributed by atoms with Gasteiger partial charge in [-0.15, -0.1) is 0 Å². The van der Waals surface area contributed by atoms with Gasteiger partial charge in [0, 0.05) is 0 Å². The maximum Gasteiger partial charge on any atom is -0.00173 e. The summed E-state index contributed by atoms with van der Waals surface area (Å²) in [6, 6.07) is 9.65. The molecule has 1 aromatic rings. The average molecular weight is 314 g/mol. The van der Waals surface area contributed by atoms with Crippen molar-refractivity contribution in [1.29, 1.82) is 0 Å². The van der Waals surface area contributed by atoms with Crippen LogP contribution in [0.5, 0.6) is 0 Å². The van der Waals surface area contributed by atoms with Gasteiger partial charge >= 0.3 is 0 Å². The second-order valence-corrected chi connectivity index (χ2v) is 9.07. The first-order valence-corrected chi connectivity index (χ1v) is 9.82. The Morgan fingerprint density at radius 3 is 2.22 bits per heavy atom. The molecule has 1 saturated carbocycles. The Bertz CT molecular complexity index is 468. The van der Waals surface area contributed by atoms with Gasteiger partial charge in [0.2, 0.25) is 0 Å². The summed E-state index contributed by atoms with van der Waals surface area (Å²) >= 11 is 0. The quantitative estimate of drug-likeness (QED) is 0.771. The molecule has 1 unspecified atom stereocenters. The molecular weight excluding hydrogens is 278 g/mol. The first-order valence-electron chi connectivity index (χ1n) is 9.82. The smallest absolute Gasteiger partial charge is 0.00173 e. The Morgan fingerprint density at radius 1 is 0.957 bits per heavy atom. The predicted octanol–water partition coefficient (Wildman–Crippen LogP) is 5.55. The molecule has 0 aromatic heterocycles. The molecule has 2 fully saturated rings. The van der Waals surface area contributed by atoms with Crippen LogP contribution < -0.4 is 5.32 Å². The highest BCUT2D eigenvalue weighted by Crippen LogP contribution is 2.43. The van der Waals surface area contributed by atoms with Gasteiger partial charge in [0.05, 0.1) is 0 Å². The molecule has 1 heteroatoms. The summed E-state index contributed by atoms with van der Waals surface area (Å²) in [5.41, 5.74) is 3.61. The predicted molar refractivity (Wildman–Crippen MR) is 99.9 cm³/mol. The lowest BCUT2D eigenvalue weighted by molar-refractivity contribution is 0.169. The summed E-state index contributed by atoms with van der Waals surface area (Å²) in [4.78, 5) is 0. The number of benzene rings is 1. The van der Waals surface area contributed by atoms with Gasteiger partial charge in [-0.1, -0.05) is 45.0 Å².